The molecule has 0 spiro atoms. The van der Waals surface area contributed by atoms with Crippen LogP contribution in [0.15, 0.2) is 12.1 Å². The topological polar surface area (TPSA) is 56.5 Å². The molecule has 2 aromatic heterocycles. The van der Waals surface area contributed by atoms with Crippen molar-refractivity contribution in [1.29, 1.82) is 0 Å². The number of aromatic nitrogens is 3. The summed E-state index contributed by atoms with van der Waals surface area (Å²) >= 11 is 0. The minimum Gasteiger partial charge on any atom is -0.461 e. The summed E-state index contributed by atoms with van der Waals surface area (Å²) < 4.78 is 44.8. The second-order valence-corrected chi connectivity index (χ2v) is 4.86. The van der Waals surface area contributed by atoms with Crippen molar-refractivity contribution >= 4 is 11.6 Å². The van der Waals surface area contributed by atoms with Crippen molar-refractivity contribution in [2.45, 2.75) is 31.9 Å². The molecule has 0 radical (unpaired) electrons. The molecular formula is C13H12F3N3O2. The molecule has 1 fully saturated rings. The van der Waals surface area contributed by atoms with E-state index in [1.54, 1.807) is 6.92 Å². The number of esters is 1. The summed E-state index contributed by atoms with van der Waals surface area (Å²) in [6.45, 7) is 1.73. The number of ether oxygens (including phenoxy) is 1. The Morgan fingerprint density at radius 3 is 2.71 bits per heavy atom. The van der Waals surface area contributed by atoms with Gasteiger partial charge in [-0.05, 0) is 25.8 Å². The summed E-state index contributed by atoms with van der Waals surface area (Å²) in [6.07, 6.45) is -2.90. The minimum absolute atomic E-state index is 0.00905. The predicted molar refractivity (Wildman–Crippen MR) is 65.9 cm³/mol. The normalized spacial score (nSPS) is 15.4. The van der Waals surface area contributed by atoms with Crippen molar-refractivity contribution in [3.05, 3.63) is 29.2 Å². The van der Waals surface area contributed by atoms with Gasteiger partial charge in [0.15, 0.2) is 11.3 Å². The van der Waals surface area contributed by atoms with Crippen molar-refractivity contribution in [2.24, 2.45) is 0 Å². The number of rotatable bonds is 3. The smallest absolute Gasteiger partial charge is 0.433 e. The van der Waals surface area contributed by atoms with Crippen molar-refractivity contribution < 1.29 is 22.7 Å². The van der Waals surface area contributed by atoms with E-state index in [1.807, 2.05) is 0 Å². The van der Waals surface area contributed by atoms with Crippen LogP contribution in [-0.2, 0) is 10.9 Å². The Labute approximate surface area is 117 Å². The molecule has 0 saturated heterocycles. The SMILES string of the molecule is CCOC(=O)c1cc2nc(C3CC3)cc(C(F)(F)F)n2n1. The van der Waals surface area contributed by atoms with E-state index < -0.39 is 17.8 Å². The Morgan fingerprint density at radius 1 is 1.43 bits per heavy atom. The van der Waals surface area contributed by atoms with Crippen LogP contribution in [0.4, 0.5) is 13.2 Å². The number of carbonyl (C=O) groups is 1. The number of nitrogens with zero attached hydrogens (tertiary/aromatic N) is 3. The lowest BCUT2D eigenvalue weighted by Gasteiger charge is -2.10. The Kier molecular flexibility index (Phi) is 3.11. The van der Waals surface area contributed by atoms with Crippen LogP contribution in [0.5, 0.6) is 0 Å². The van der Waals surface area contributed by atoms with Gasteiger partial charge in [-0.1, -0.05) is 0 Å². The van der Waals surface area contributed by atoms with Gasteiger partial charge in [-0.2, -0.15) is 18.3 Å². The first kappa shape index (κ1) is 13.8. The van der Waals surface area contributed by atoms with Gasteiger partial charge >= 0.3 is 12.1 Å². The maximum absolute atomic E-state index is 13.1. The fraction of sp³-hybridized carbons (Fsp3) is 0.462. The third kappa shape index (κ3) is 2.57. The molecule has 0 aliphatic heterocycles. The molecule has 3 rings (SSSR count). The van der Waals surface area contributed by atoms with Crippen LogP contribution in [0, 0.1) is 0 Å². The molecule has 112 valence electrons. The molecule has 0 amide bonds. The van der Waals surface area contributed by atoms with Crippen LogP contribution in [0.25, 0.3) is 5.65 Å². The lowest BCUT2D eigenvalue weighted by atomic mass is 10.2. The number of hydrogen-bond acceptors (Lipinski definition) is 4. The molecule has 1 saturated carbocycles. The molecule has 0 unspecified atom stereocenters. The Bertz CT molecular complexity index is 704. The van der Waals surface area contributed by atoms with E-state index in [-0.39, 0.29) is 23.9 Å². The van der Waals surface area contributed by atoms with Gasteiger partial charge in [0.1, 0.15) is 5.69 Å². The van der Waals surface area contributed by atoms with Crippen molar-refractivity contribution in [3.8, 4) is 0 Å². The summed E-state index contributed by atoms with van der Waals surface area (Å²) in [5.41, 5.74) is -0.701. The highest BCUT2D eigenvalue weighted by atomic mass is 19.4. The molecule has 1 aliphatic carbocycles. The van der Waals surface area contributed by atoms with Gasteiger partial charge in [-0.15, -0.1) is 0 Å². The van der Waals surface area contributed by atoms with Gasteiger partial charge in [0, 0.05) is 17.7 Å². The van der Waals surface area contributed by atoms with Gasteiger partial charge in [0.05, 0.1) is 6.61 Å². The highest BCUT2D eigenvalue weighted by Gasteiger charge is 2.37. The van der Waals surface area contributed by atoms with E-state index in [0.717, 1.165) is 18.9 Å². The molecule has 0 atom stereocenters. The van der Waals surface area contributed by atoms with Gasteiger partial charge in [0.2, 0.25) is 0 Å². The molecule has 1 aliphatic rings. The first-order valence-electron chi connectivity index (χ1n) is 6.55. The third-order valence-corrected chi connectivity index (χ3v) is 3.22. The fourth-order valence-electron chi connectivity index (χ4n) is 2.09. The molecule has 2 aromatic rings. The Morgan fingerprint density at radius 2 is 2.14 bits per heavy atom. The van der Waals surface area contributed by atoms with Gasteiger partial charge in [0.25, 0.3) is 0 Å². The average Bonchev–Trinajstić information content (AvgIpc) is 3.15. The first-order valence-corrected chi connectivity index (χ1v) is 6.55. The Hall–Kier alpha value is -2.12. The van der Waals surface area contributed by atoms with Gasteiger partial charge < -0.3 is 4.74 Å². The second-order valence-electron chi connectivity index (χ2n) is 4.86. The van der Waals surface area contributed by atoms with Crippen LogP contribution in [0.2, 0.25) is 0 Å². The van der Waals surface area contributed by atoms with Crippen LogP contribution in [0.3, 0.4) is 0 Å². The summed E-state index contributed by atoms with van der Waals surface area (Å²) in [4.78, 5) is 15.8. The Balaban J connectivity index is 2.15. The molecule has 8 heteroatoms. The van der Waals surface area contributed by atoms with Gasteiger partial charge in [-0.3, -0.25) is 0 Å². The molecule has 0 N–H and O–H groups in total. The number of carbonyl (C=O) groups excluding carboxylic acids is 1. The largest absolute Gasteiger partial charge is 0.461 e. The summed E-state index contributed by atoms with van der Waals surface area (Å²) in [6, 6.07) is 2.23. The monoisotopic (exact) mass is 299 g/mol. The lowest BCUT2D eigenvalue weighted by Crippen LogP contribution is -2.15. The van der Waals surface area contributed by atoms with E-state index in [1.165, 1.54) is 6.07 Å². The number of hydrogen-bond donors (Lipinski definition) is 0. The lowest BCUT2D eigenvalue weighted by molar-refractivity contribution is -0.142. The van der Waals surface area contributed by atoms with Crippen LogP contribution >= 0.6 is 0 Å². The molecule has 0 bridgehead atoms. The maximum Gasteiger partial charge on any atom is 0.433 e. The zero-order valence-electron chi connectivity index (χ0n) is 11.1. The minimum atomic E-state index is -4.57. The molecule has 5 nitrogen and oxygen atoms in total. The molecule has 21 heavy (non-hydrogen) atoms. The van der Waals surface area contributed by atoms with Crippen LogP contribution < -0.4 is 0 Å². The van der Waals surface area contributed by atoms with Crippen molar-refractivity contribution in [2.75, 3.05) is 6.61 Å². The maximum atomic E-state index is 13.1. The zero-order valence-corrected chi connectivity index (χ0v) is 11.1. The standard InChI is InChI=1S/C13H12F3N3O2/c1-2-21-12(20)9-6-11-17-8(7-3-4-7)5-10(13(14,15)16)19(11)18-9/h5-7H,2-4H2,1H3. The van der Waals surface area contributed by atoms with E-state index >= 15 is 0 Å². The zero-order chi connectivity index (χ0) is 15.2. The van der Waals surface area contributed by atoms with E-state index in [4.69, 9.17) is 4.74 Å². The third-order valence-electron chi connectivity index (χ3n) is 3.22. The highest BCUT2D eigenvalue weighted by Crippen LogP contribution is 2.41. The summed E-state index contributed by atoms with van der Waals surface area (Å²) in [5, 5.41) is 3.68. The first-order chi connectivity index (χ1) is 9.90. The van der Waals surface area contributed by atoms with Crippen LogP contribution in [-0.4, -0.2) is 27.2 Å². The second kappa shape index (κ2) is 4.71. The molecule has 0 aromatic carbocycles. The van der Waals surface area contributed by atoms with E-state index in [9.17, 15) is 18.0 Å². The van der Waals surface area contributed by atoms with Gasteiger partial charge in [-0.25, -0.2) is 14.3 Å². The molecular weight excluding hydrogens is 287 g/mol. The van der Waals surface area contributed by atoms with Crippen molar-refractivity contribution in [3.63, 3.8) is 0 Å². The number of alkyl halides is 3. The summed E-state index contributed by atoms with van der Waals surface area (Å²) in [5.74, 6) is -0.693. The fourth-order valence-corrected chi connectivity index (χ4v) is 2.09. The highest BCUT2D eigenvalue weighted by molar-refractivity contribution is 5.88. The quantitative estimate of drug-likeness (QED) is 0.818. The predicted octanol–water partition coefficient (Wildman–Crippen LogP) is 2.80. The number of halogens is 3. The summed E-state index contributed by atoms with van der Waals surface area (Å²) in [7, 11) is 0. The average molecular weight is 299 g/mol. The number of fused-ring (bicyclic) bond motifs is 1. The van der Waals surface area contributed by atoms with E-state index in [2.05, 4.69) is 10.1 Å². The van der Waals surface area contributed by atoms with Crippen molar-refractivity contribution in [1.82, 2.24) is 14.6 Å². The van der Waals surface area contributed by atoms with E-state index in [0.29, 0.717) is 10.2 Å². The van der Waals surface area contributed by atoms with Crippen LogP contribution in [0.1, 0.15) is 47.6 Å². The molecule has 2 heterocycles.